The Morgan fingerprint density at radius 3 is 2.59 bits per heavy atom. The van der Waals surface area contributed by atoms with Gasteiger partial charge >= 0.3 is 0 Å². The van der Waals surface area contributed by atoms with Gasteiger partial charge in [0.2, 0.25) is 5.91 Å². The van der Waals surface area contributed by atoms with Gasteiger partial charge in [0.1, 0.15) is 11.4 Å². The first-order valence-corrected chi connectivity index (χ1v) is 9.33. The third-order valence-electron chi connectivity index (χ3n) is 4.82. The number of benzene rings is 2. The minimum Gasteiger partial charge on any atom is -0.290 e. The van der Waals surface area contributed by atoms with E-state index in [1.165, 1.54) is 23.4 Å². The largest absolute Gasteiger partial charge is 0.290 e. The standard InChI is InChI=1S/C21H15ClF2N4O/c1-12-13-4-2-3-5-14(13)20(23)21(24)15(12)11-28(19(29)8-22)18-10-26-16-6-7-25-9-17(16)27-18/h2-7,9-10H,8,11H2,1H3. The number of pyridine rings is 1. The first-order valence-electron chi connectivity index (χ1n) is 8.79. The molecule has 2 aromatic carbocycles. The number of amides is 1. The smallest absolute Gasteiger partial charge is 0.243 e. The molecule has 4 rings (SSSR count). The van der Waals surface area contributed by atoms with Crippen molar-refractivity contribution in [3.8, 4) is 0 Å². The molecule has 0 atom stereocenters. The highest BCUT2D eigenvalue weighted by atomic mass is 35.5. The molecule has 5 nitrogen and oxygen atoms in total. The van der Waals surface area contributed by atoms with Crippen LogP contribution in [0.5, 0.6) is 0 Å². The van der Waals surface area contributed by atoms with Crippen molar-refractivity contribution in [3.05, 3.63) is 71.7 Å². The van der Waals surface area contributed by atoms with Gasteiger partial charge in [-0.15, -0.1) is 11.6 Å². The fourth-order valence-corrected chi connectivity index (χ4v) is 3.42. The molecule has 0 aliphatic rings. The second kappa shape index (κ2) is 7.67. The minimum atomic E-state index is -0.996. The third kappa shape index (κ3) is 3.38. The summed E-state index contributed by atoms with van der Waals surface area (Å²) >= 11 is 5.77. The van der Waals surface area contributed by atoms with Crippen LogP contribution in [0.1, 0.15) is 11.1 Å². The van der Waals surface area contributed by atoms with E-state index in [1.807, 2.05) is 0 Å². The number of aromatic nitrogens is 3. The summed E-state index contributed by atoms with van der Waals surface area (Å²) in [6.45, 7) is 1.46. The molecule has 1 amide bonds. The zero-order valence-corrected chi connectivity index (χ0v) is 16.1. The Kier molecular flexibility index (Phi) is 5.07. The molecule has 29 heavy (non-hydrogen) atoms. The number of carbonyl (C=O) groups excluding carboxylic acids is 1. The number of alkyl halides is 1. The number of carbonyl (C=O) groups is 1. The Labute approximate surface area is 170 Å². The summed E-state index contributed by atoms with van der Waals surface area (Å²) in [6, 6.07) is 8.31. The van der Waals surface area contributed by atoms with Gasteiger partial charge in [0.15, 0.2) is 17.5 Å². The van der Waals surface area contributed by atoms with Crippen LogP contribution in [0.3, 0.4) is 0 Å². The third-order valence-corrected chi connectivity index (χ3v) is 5.05. The van der Waals surface area contributed by atoms with E-state index in [-0.39, 0.29) is 29.2 Å². The summed E-state index contributed by atoms with van der Waals surface area (Å²) < 4.78 is 29.5. The topological polar surface area (TPSA) is 59.0 Å². The summed E-state index contributed by atoms with van der Waals surface area (Å²) in [4.78, 5) is 26.4. The van der Waals surface area contributed by atoms with Gasteiger partial charge in [-0.25, -0.2) is 13.8 Å². The molecule has 4 aromatic rings. The van der Waals surface area contributed by atoms with Crippen LogP contribution >= 0.6 is 11.6 Å². The van der Waals surface area contributed by atoms with Crippen LogP contribution in [-0.2, 0) is 11.3 Å². The molecule has 0 radical (unpaired) electrons. The zero-order valence-electron chi connectivity index (χ0n) is 15.4. The van der Waals surface area contributed by atoms with E-state index >= 15 is 0 Å². The molecule has 0 fully saturated rings. The minimum absolute atomic E-state index is 0.0627. The van der Waals surface area contributed by atoms with Crippen molar-refractivity contribution < 1.29 is 13.6 Å². The van der Waals surface area contributed by atoms with Gasteiger partial charge in [-0.05, 0) is 23.9 Å². The number of rotatable bonds is 4. The molecule has 2 heterocycles. The van der Waals surface area contributed by atoms with Crippen LogP contribution in [0, 0.1) is 18.6 Å². The number of hydrogen-bond acceptors (Lipinski definition) is 4. The predicted octanol–water partition coefficient (Wildman–Crippen LogP) is 4.54. The lowest BCUT2D eigenvalue weighted by molar-refractivity contribution is -0.116. The van der Waals surface area contributed by atoms with Crippen LogP contribution in [0.25, 0.3) is 21.8 Å². The maximum atomic E-state index is 14.9. The van der Waals surface area contributed by atoms with E-state index in [9.17, 15) is 13.6 Å². The molecule has 0 aliphatic carbocycles. The molecule has 0 bridgehead atoms. The fraction of sp³-hybridized carbons (Fsp3) is 0.143. The van der Waals surface area contributed by atoms with Crippen molar-refractivity contribution in [1.29, 1.82) is 0 Å². The van der Waals surface area contributed by atoms with Gasteiger partial charge < -0.3 is 0 Å². The predicted molar refractivity (Wildman–Crippen MR) is 108 cm³/mol. The molecule has 0 spiro atoms. The molecule has 146 valence electrons. The number of nitrogens with zero attached hydrogens (tertiary/aromatic N) is 4. The monoisotopic (exact) mass is 412 g/mol. The van der Waals surface area contributed by atoms with Crippen LogP contribution in [0.2, 0.25) is 0 Å². The first kappa shape index (κ1) is 19.1. The van der Waals surface area contributed by atoms with Crippen molar-refractivity contribution in [2.24, 2.45) is 0 Å². The summed E-state index contributed by atoms with van der Waals surface area (Å²) in [5, 5.41) is 0.770. The molecule has 0 N–H and O–H groups in total. The Morgan fingerprint density at radius 1 is 1.07 bits per heavy atom. The number of fused-ring (bicyclic) bond motifs is 2. The lowest BCUT2D eigenvalue weighted by atomic mass is 9.98. The van der Waals surface area contributed by atoms with E-state index in [2.05, 4.69) is 15.0 Å². The van der Waals surface area contributed by atoms with Gasteiger partial charge in [0.25, 0.3) is 0 Å². The number of hydrogen-bond donors (Lipinski definition) is 0. The van der Waals surface area contributed by atoms with Gasteiger partial charge in [0, 0.05) is 17.1 Å². The zero-order chi connectivity index (χ0) is 20.5. The van der Waals surface area contributed by atoms with Gasteiger partial charge in [0.05, 0.1) is 24.5 Å². The average Bonchev–Trinajstić information content (AvgIpc) is 2.77. The highest BCUT2D eigenvalue weighted by Crippen LogP contribution is 2.30. The Morgan fingerprint density at radius 2 is 1.83 bits per heavy atom. The second-order valence-electron chi connectivity index (χ2n) is 6.48. The fourth-order valence-electron chi connectivity index (χ4n) is 3.28. The lowest BCUT2D eigenvalue weighted by Gasteiger charge is -2.23. The summed E-state index contributed by atoms with van der Waals surface area (Å²) in [7, 11) is 0. The maximum absolute atomic E-state index is 14.9. The molecule has 2 aromatic heterocycles. The normalized spacial score (nSPS) is 11.2. The van der Waals surface area contributed by atoms with E-state index < -0.39 is 17.5 Å². The van der Waals surface area contributed by atoms with Crippen LogP contribution in [0.4, 0.5) is 14.6 Å². The number of anilines is 1. The second-order valence-corrected chi connectivity index (χ2v) is 6.75. The average molecular weight is 413 g/mol. The number of halogens is 3. The molecular formula is C21H15ClF2N4O. The molecule has 0 saturated heterocycles. The van der Waals surface area contributed by atoms with Crippen molar-refractivity contribution in [3.63, 3.8) is 0 Å². The molecule has 8 heteroatoms. The summed E-state index contributed by atoms with van der Waals surface area (Å²) in [5.41, 5.74) is 1.68. The highest BCUT2D eigenvalue weighted by molar-refractivity contribution is 6.29. The van der Waals surface area contributed by atoms with Crippen LogP contribution in [0.15, 0.2) is 48.9 Å². The van der Waals surface area contributed by atoms with E-state index in [1.54, 1.807) is 37.4 Å². The van der Waals surface area contributed by atoms with E-state index in [4.69, 9.17) is 11.6 Å². The molecule has 0 saturated carbocycles. The first-order chi connectivity index (χ1) is 14.0. The van der Waals surface area contributed by atoms with E-state index in [0.29, 0.717) is 22.0 Å². The van der Waals surface area contributed by atoms with Crippen molar-refractivity contribution in [1.82, 2.24) is 15.0 Å². The maximum Gasteiger partial charge on any atom is 0.243 e. The van der Waals surface area contributed by atoms with Crippen LogP contribution < -0.4 is 4.90 Å². The Balaban J connectivity index is 1.84. The Hall–Kier alpha value is -3.19. The van der Waals surface area contributed by atoms with Gasteiger partial charge in [-0.2, -0.15) is 0 Å². The quantitative estimate of drug-likeness (QED) is 0.462. The molecule has 0 unspecified atom stereocenters. The summed E-state index contributed by atoms with van der Waals surface area (Å²) in [6.07, 6.45) is 4.49. The van der Waals surface area contributed by atoms with E-state index in [0.717, 1.165) is 0 Å². The van der Waals surface area contributed by atoms with Crippen molar-refractivity contribution in [2.45, 2.75) is 13.5 Å². The SMILES string of the molecule is Cc1c(CN(C(=O)CCl)c2cnc3ccncc3n2)c(F)c(F)c2ccccc12. The molecule has 0 aliphatic heterocycles. The van der Waals surface area contributed by atoms with Crippen molar-refractivity contribution >= 4 is 45.1 Å². The number of aryl methyl sites for hydroxylation is 1. The lowest BCUT2D eigenvalue weighted by Crippen LogP contribution is -2.33. The van der Waals surface area contributed by atoms with Crippen molar-refractivity contribution in [2.75, 3.05) is 10.8 Å². The summed E-state index contributed by atoms with van der Waals surface area (Å²) in [5.74, 6) is -2.61. The van der Waals surface area contributed by atoms with Gasteiger partial charge in [-0.1, -0.05) is 24.3 Å². The highest BCUT2D eigenvalue weighted by Gasteiger charge is 2.24. The van der Waals surface area contributed by atoms with Gasteiger partial charge in [-0.3, -0.25) is 19.7 Å². The molecular weight excluding hydrogens is 398 g/mol. The van der Waals surface area contributed by atoms with Crippen LogP contribution in [-0.4, -0.2) is 26.7 Å². The Bertz CT molecular complexity index is 1250.